The molecule has 1 aromatic carbocycles. The molecule has 1 fully saturated rings. The lowest BCUT2D eigenvalue weighted by molar-refractivity contribution is -0.141. The van der Waals surface area contributed by atoms with Gasteiger partial charge in [0.2, 0.25) is 0 Å². The first-order chi connectivity index (χ1) is 17.1. The number of pyridine rings is 1. The Morgan fingerprint density at radius 2 is 2.08 bits per heavy atom. The van der Waals surface area contributed by atoms with Crippen LogP contribution in [-0.2, 0) is 10.9 Å². The third-order valence-electron chi connectivity index (χ3n) is 5.93. The number of halogens is 3. The molecule has 0 aliphatic carbocycles. The predicted octanol–water partition coefficient (Wildman–Crippen LogP) is 4.73. The number of carbonyl (C=O) groups is 1. The molecule has 3 heterocycles. The minimum absolute atomic E-state index is 0.0917. The van der Waals surface area contributed by atoms with Crippen molar-refractivity contribution in [3.63, 3.8) is 0 Å². The van der Waals surface area contributed by atoms with Crippen LogP contribution in [0.2, 0.25) is 0 Å². The van der Waals surface area contributed by atoms with E-state index in [1.54, 1.807) is 25.3 Å². The topological polar surface area (TPSA) is 76.6 Å². The second-order valence-electron chi connectivity index (χ2n) is 8.71. The van der Waals surface area contributed by atoms with Gasteiger partial charge in [-0.3, -0.25) is 14.7 Å². The Hall–Kier alpha value is -3.02. The average molecular weight is 521 g/mol. The molecule has 1 saturated heterocycles. The summed E-state index contributed by atoms with van der Waals surface area (Å²) < 4.78 is 50.1. The molecule has 36 heavy (non-hydrogen) atoms. The van der Waals surface area contributed by atoms with Crippen molar-refractivity contribution in [2.75, 3.05) is 33.4 Å². The molecule has 192 valence electrons. The molecule has 2 aromatic heterocycles. The highest BCUT2D eigenvalue weighted by Crippen LogP contribution is 2.31. The largest absolute Gasteiger partial charge is 0.492 e. The summed E-state index contributed by atoms with van der Waals surface area (Å²) in [4.78, 5) is 24.3. The highest BCUT2D eigenvalue weighted by Gasteiger charge is 2.32. The highest BCUT2D eigenvalue weighted by atomic mass is 32.1. The molecule has 11 heteroatoms. The first-order valence-electron chi connectivity index (χ1n) is 11.4. The van der Waals surface area contributed by atoms with Gasteiger partial charge in [-0.15, -0.1) is 11.3 Å². The van der Waals surface area contributed by atoms with Crippen molar-refractivity contribution in [1.82, 2.24) is 20.2 Å². The van der Waals surface area contributed by atoms with Gasteiger partial charge in [-0.2, -0.15) is 13.2 Å². The van der Waals surface area contributed by atoms with Gasteiger partial charge in [-0.25, -0.2) is 4.98 Å². The molecule has 2 atom stereocenters. The van der Waals surface area contributed by atoms with E-state index >= 15 is 0 Å². The average Bonchev–Trinajstić information content (AvgIpc) is 3.29. The van der Waals surface area contributed by atoms with E-state index in [9.17, 15) is 18.0 Å². The molecule has 4 rings (SSSR count). The molecule has 7 nitrogen and oxygen atoms in total. The van der Waals surface area contributed by atoms with Crippen molar-refractivity contribution in [3.05, 3.63) is 64.4 Å². The van der Waals surface area contributed by atoms with E-state index in [1.807, 2.05) is 20.0 Å². The zero-order valence-corrected chi connectivity index (χ0v) is 20.9. The Kier molecular flexibility index (Phi) is 7.91. The maximum absolute atomic E-state index is 13.1. The number of likely N-dealkylation sites (N-methyl/N-ethyl adjacent to an activating group) is 1. The smallest absolute Gasteiger partial charge is 0.433 e. The van der Waals surface area contributed by atoms with Gasteiger partial charge in [0, 0.05) is 34.9 Å². The Morgan fingerprint density at radius 3 is 2.72 bits per heavy atom. The number of benzene rings is 1. The fraction of sp³-hybridized carbons (Fsp3) is 0.400. The number of alkyl halides is 3. The van der Waals surface area contributed by atoms with Crippen molar-refractivity contribution in [3.8, 4) is 16.3 Å². The number of carbonyl (C=O) groups excluding carboxylic acids is 1. The van der Waals surface area contributed by atoms with Crippen LogP contribution in [0.4, 0.5) is 13.2 Å². The Labute approximate surface area is 211 Å². The van der Waals surface area contributed by atoms with E-state index in [0.29, 0.717) is 36.7 Å². The molecular formula is C25H27F3N4O3S. The molecule has 1 amide bonds. The van der Waals surface area contributed by atoms with Crippen LogP contribution in [-0.4, -0.2) is 60.2 Å². The lowest BCUT2D eigenvalue weighted by atomic mass is 10.1. The maximum Gasteiger partial charge on any atom is 0.433 e. The summed E-state index contributed by atoms with van der Waals surface area (Å²) in [6.45, 7) is 6.10. The number of nitrogens with one attached hydrogen (secondary N) is 1. The third kappa shape index (κ3) is 6.40. The normalized spacial score (nSPS) is 17.6. The van der Waals surface area contributed by atoms with Gasteiger partial charge in [-0.1, -0.05) is 6.07 Å². The molecule has 1 unspecified atom stereocenters. The number of aromatic nitrogens is 2. The van der Waals surface area contributed by atoms with E-state index in [4.69, 9.17) is 9.47 Å². The number of thiazole rings is 1. The third-order valence-corrected chi connectivity index (χ3v) is 6.89. The van der Waals surface area contributed by atoms with Gasteiger partial charge < -0.3 is 14.8 Å². The second-order valence-corrected chi connectivity index (χ2v) is 9.95. The monoisotopic (exact) mass is 520 g/mol. The summed E-state index contributed by atoms with van der Waals surface area (Å²) in [7, 11) is 2.02. The fourth-order valence-electron chi connectivity index (χ4n) is 3.72. The molecule has 0 saturated carbocycles. The number of hydrogen-bond acceptors (Lipinski definition) is 7. The lowest BCUT2D eigenvalue weighted by Crippen LogP contribution is -2.46. The van der Waals surface area contributed by atoms with Crippen LogP contribution < -0.4 is 10.1 Å². The van der Waals surface area contributed by atoms with E-state index in [1.165, 1.54) is 17.4 Å². The minimum atomic E-state index is -4.52. The number of ether oxygens (including phenoxy) is 2. The summed E-state index contributed by atoms with van der Waals surface area (Å²) in [5.74, 6) is 0.133. The van der Waals surface area contributed by atoms with Crippen molar-refractivity contribution in [1.29, 1.82) is 0 Å². The van der Waals surface area contributed by atoms with Crippen molar-refractivity contribution in [2.45, 2.75) is 32.1 Å². The highest BCUT2D eigenvalue weighted by molar-refractivity contribution is 7.14. The van der Waals surface area contributed by atoms with Gasteiger partial charge in [-0.05, 0) is 50.7 Å². The number of hydrogen-bond donors (Lipinski definition) is 1. The van der Waals surface area contributed by atoms with E-state index in [0.717, 1.165) is 34.3 Å². The number of morpholine rings is 1. The number of amides is 1. The molecule has 0 bridgehead atoms. The summed E-state index contributed by atoms with van der Waals surface area (Å²) >= 11 is 1.50. The summed E-state index contributed by atoms with van der Waals surface area (Å²) in [5.41, 5.74) is 0.579. The number of rotatable bonds is 7. The van der Waals surface area contributed by atoms with Crippen LogP contribution in [0.5, 0.6) is 5.75 Å². The lowest BCUT2D eigenvalue weighted by Gasteiger charge is -2.32. The van der Waals surface area contributed by atoms with Gasteiger partial charge >= 0.3 is 6.18 Å². The SMILES string of the molecule is Cc1cnc(-c2cc(OC[C@H]3COCCN3C)cc(C(=O)NC(C)c3ccc(C(F)(F)F)nc3)c2)s1. The van der Waals surface area contributed by atoms with Crippen LogP contribution in [0.25, 0.3) is 10.6 Å². The maximum atomic E-state index is 13.1. The molecule has 1 aliphatic rings. The predicted molar refractivity (Wildman–Crippen MR) is 130 cm³/mol. The fourth-order valence-corrected chi connectivity index (χ4v) is 4.47. The first kappa shape index (κ1) is 26.1. The van der Waals surface area contributed by atoms with Crippen LogP contribution in [0.1, 0.15) is 39.5 Å². The minimum Gasteiger partial charge on any atom is -0.492 e. The van der Waals surface area contributed by atoms with Crippen LogP contribution in [0, 0.1) is 6.92 Å². The summed E-state index contributed by atoms with van der Waals surface area (Å²) in [6, 6.07) is 6.98. The van der Waals surface area contributed by atoms with E-state index < -0.39 is 17.9 Å². The molecule has 0 spiro atoms. The van der Waals surface area contributed by atoms with E-state index in [-0.39, 0.29) is 11.9 Å². The van der Waals surface area contributed by atoms with Crippen molar-refractivity contribution in [2.24, 2.45) is 0 Å². The number of nitrogens with zero attached hydrogens (tertiary/aromatic N) is 3. The Bertz CT molecular complexity index is 1200. The standard InChI is InChI=1S/C25H27F3N4O3S/c1-15-11-30-24(36-15)19-8-18(9-21(10-19)35-14-20-13-34-7-6-32(20)3)23(33)31-16(2)17-4-5-22(29-12-17)25(26,27)28/h4-5,8-12,16,20H,6-7,13-14H2,1-3H3,(H,31,33)/t16?,20-/m1/s1. The summed E-state index contributed by atoms with van der Waals surface area (Å²) in [5, 5.41) is 3.59. The van der Waals surface area contributed by atoms with Crippen LogP contribution >= 0.6 is 11.3 Å². The Balaban J connectivity index is 1.53. The summed E-state index contributed by atoms with van der Waals surface area (Å²) in [6.07, 6.45) is -1.63. The molecule has 0 radical (unpaired) electrons. The van der Waals surface area contributed by atoms with Gasteiger partial charge in [0.05, 0.1) is 25.3 Å². The van der Waals surface area contributed by atoms with Gasteiger partial charge in [0.1, 0.15) is 23.1 Å². The van der Waals surface area contributed by atoms with Crippen LogP contribution in [0.3, 0.4) is 0 Å². The zero-order chi connectivity index (χ0) is 25.9. The molecular weight excluding hydrogens is 493 g/mol. The molecule has 1 aliphatic heterocycles. The van der Waals surface area contributed by atoms with Gasteiger partial charge in [0.15, 0.2) is 0 Å². The van der Waals surface area contributed by atoms with Crippen molar-refractivity contribution >= 4 is 17.2 Å². The second kappa shape index (κ2) is 10.9. The zero-order valence-electron chi connectivity index (χ0n) is 20.1. The molecule has 3 aromatic rings. The first-order valence-corrected chi connectivity index (χ1v) is 12.2. The van der Waals surface area contributed by atoms with Gasteiger partial charge in [0.25, 0.3) is 5.91 Å². The van der Waals surface area contributed by atoms with Crippen molar-refractivity contribution < 1.29 is 27.4 Å². The van der Waals surface area contributed by atoms with Crippen LogP contribution in [0.15, 0.2) is 42.7 Å². The quantitative estimate of drug-likeness (QED) is 0.485. The number of aryl methyl sites for hydroxylation is 1. The molecule has 1 N–H and O–H groups in total. The van der Waals surface area contributed by atoms with E-state index in [2.05, 4.69) is 20.2 Å². The Morgan fingerprint density at radius 1 is 1.28 bits per heavy atom.